The van der Waals surface area contributed by atoms with Crippen LogP contribution in [0.15, 0.2) is 47.5 Å². The number of primary sulfonamides is 1. The summed E-state index contributed by atoms with van der Waals surface area (Å²) in [5.74, 6) is 0.607. The Kier molecular flexibility index (Phi) is 5.42. The topological polar surface area (TPSA) is 131 Å². The Hall–Kier alpha value is -2.17. The highest BCUT2D eigenvalue weighted by atomic mass is 32.2. The number of aromatic nitrogens is 1. The molecular formula is C14H18N4O4S2. The van der Waals surface area contributed by atoms with Crippen LogP contribution >= 0.6 is 0 Å². The third-order valence-corrected chi connectivity index (χ3v) is 4.57. The van der Waals surface area contributed by atoms with Gasteiger partial charge in [-0.1, -0.05) is 12.1 Å². The van der Waals surface area contributed by atoms with E-state index >= 15 is 0 Å². The summed E-state index contributed by atoms with van der Waals surface area (Å²) < 4.78 is 46.9. The number of hydrogen-bond acceptors (Lipinski definition) is 6. The van der Waals surface area contributed by atoms with E-state index in [1.54, 1.807) is 24.3 Å². The van der Waals surface area contributed by atoms with Crippen LogP contribution in [0.3, 0.4) is 0 Å². The zero-order valence-corrected chi connectivity index (χ0v) is 14.6. The van der Waals surface area contributed by atoms with Gasteiger partial charge in [-0.15, -0.1) is 0 Å². The minimum atomic E-state index is -3.67. The number of anilines is 2. The Balaban J connectivity index is 1.88. The van der Waals surface area contributed by atoms with Crippen molar-refractivity contribution < 1.29 is 16.8 Å². The summed E-state index contributed by atoms with van der Waals surface area (Å²) in [7, 11) is -6.99. The first-order valence-electron chi connectivity index (χ1n) is 6.93. The molecule has 24 heavy (non-hydrogen) atoms. The van der Waals surface area contributed by atoms with Crippen LogP contribution in [0.4, 0.5) is 11.5 Å². The normalized spacial score (nSPS) is 11.9. The number of nitrogens with zero attached hydrogens (tertiary/aromatic N) is 1. The van der Waals surface area contributed by atoms with Crippen LogP contribution in [0.5, 0.6) is 0 Å². The number of pyridine rings is 1. The van der Waals surface area contributed by atoms with Crippen molar-refractivity contribution in [3.63, 3.8) is 0 Å². The molecule has 2 rings (SSSR count). The summed E-state index contributed by atoms with van der Waals surface area (Å²) in [5.41, 5.74) is 1.34. The third kappa shape index (κ3) is 5.80. The maximum absolute atomic E-state index is 11.2. The average Bonchev–Trinajstić information content (AvgIpc) is 2.47. The molecule has 0 aliphatic carbocycles. The summed E-state index contributed by atoms with van der Waals surface area (Å²) in [6.07, 6.45) is 3.15. The molecule has 0 bridgehead atoms. The minimum absolute atomic E-state index is 0.0786. The smallest absolute Gasteiger partial charge is 0.238 e. The third-order valence-electron chi connectivity index (χ3n) is 3.04. The lowest BCUT2D eigenvalue weighted by atomic mass is 10.1. The van der Waals surface area contributed by atoms with Crippen LogP contribution < -0.4 is 15.2 Å². The molecule has 0 unspecified atom stereocenters. The fraction of sp³-hybridized carbons (Fsp3) is 0.214. The second kappa shape index (κ2) is 7.16. The molecule has 4 N–H and O–H groups in total. The van der Waals surface area contributed by atoms with Crippen LogP contribution in [-0.2, 0) is 26.5 Å². The van der Waals surface area contributed by atoms with Gasteiger partial charge in [0.1, 0.15) is 5.82 Å². The average molecular weight is 370 g/mol. The van der Waals surface area contributed by atoms with E-state index < -0.39 is 20.0 Å². The molecule has 0 amide bonds. The maximum atomic E-state index is 11.2. The van der Waals surface area contributed by atoms with E-state index in [4.69, 9.17) is 5.14 Å². The first-order chi connectivity index (χ1) is 11.1. The fourth-order valence-electron chi connectivity index (χ4n) is 1.95. The van der Waals surface area contributed by atoms with E-state index in [9.17, 15) is 16.8 Å². The predicted molar refractivity (Wildman–Crippen MR) is 92.7 cm³/mol. The lowest BCUT2D eigenvalue weighted by Crippen LogP contribution is -2.12. The van der Waals surface area contributed by atoms with Crippen molar-refractivity contribution in [1.82, 2.24) is 4.98 Å². The number of nitrogens with two attached hydrogens (primary N) is 1. The van der Waals surface area contributed by atoms with Crippen molar-refractivity contribution in [3.8, 4) is 0 Å². The summed E-state index contributed by atoms with van der Waals surface area (Å²) >= 11 is 0. The van der Waals surface area contributed by atoms with Gasteiger partial charge in [-0.25, -0.2) is 27.0 Å². The molecule has 10 heteroatoms. The summed E-state index contributed by atoms with van der Waals surface area (Å²) in [5, 5.41) is 8.14. The van der Waals surface area contributed by atoms with E-state index in [-0.39, 0.29) is 4.90 Å². The van der Waals surface area contributed by atoms with E-state index in [1.165, 1.54) is 18.3 Å². The Bertz CT molecular complexity index is 893. The zero-order valence-electron chi connectivity index (χ0n) is 12.9. The number of benzene rings is 1. The van der Waals surface area contributed by atoms with Crippen molar-refractivity contribution in [2.75, 3.05) is 22.8 Å². The molecule has 8 nitrogen and oxygen atoms in total. The number of rotatable bonds is 7. The van der Waals surface area contributed by atoms with Gasteiger partial charge >= 0.3 is 0 Å². The highest BCUT2D eigenvalue weighted by Gasteiger charge is 2.06. The standard InChI is InChI=1S/C14H18N4O4S2/c1-23(19,20)18-12-4-7-14(17-10-12)16-9-8-11-2-5-13(6-3-11)24(15,21)22/h2-7,10,18H,8-9H2,1H3,(H,16,17)(H2,15,21,22). The number of sulfonamides is 2. The Morgan fingerprint density at radius 2 is 1.71 bits per heavy atom. The molecule has 0 aliphatic heterocycles. The summed E-state index contributed by atoms with van der Waals surface area (Å²) in [4.78, 5) is 4.19. The molecule has 0 spiro atoms. The van der Waals surface area contributed by atoms with Crippen LogP contribution in [0.25, 0.3) is 0 Å². The van der Waals surface area contributed by atoms with E-state index in [0.29, 0.717) is 24.5 Å². The predicted octanol–water partition coefficient (Wildman–Crippen LogP) is 0.755. The largest absolute Gasteiger partial charge is 0.370 e. The van der Waals surface area contributed by atoms with Gasteiger partial charge in [0.05, 0.1) is 23.0 Å². The molecule has 0 fully saturated rings. The molecule has 1 heterocycles. The molecular weight excluding hydrogens is 352 g/mol. The van der Waals surface area contributed by atoms with Crippen LogP contribution in [-0.4, -0.2) is 34.6 Å². The number of hydrogen-bond donors (Lipinski definition) is 3. The molecule has 0 aliphatic rings. The van der Waals surface area contributed by atoms with Crippen molar-refractivity contribution in [2.24, 2.45) is 5.14 Å². The van der Waals surface area contributed by atoms with Gasteiger partial charge in [0.25, 0.3) is 0 Å². The molecule has 0 radical (unpaired) electrons. The van der Waals surface area contributed by atoms with Crippen molar-refractivity contribution >= 4 is 31.6 Å². The Morgan fingerprint density at radius 3 is 2.21 bits per heavy atom. The minimum Gasteiger partial charge on any atom is -0.370 e. The van der Waals surface area contributed by atoms with Gasteiger partial charge in [-0.3, -0.25) is 4.72 Å². The molecule has 2 aromatic rings. The van der Waals surface area contributed by atoms with Gasteiger partial charge in [0.2, 0.25) is 20.0 Å². The van der Waals surface area contributed by atoms with Gasteiger partial charge in [0, 0.05) is 6.54 Å². The SMILES string of the molecule is CS(=O)(=O)Nc1ccc(NCCc2ccc(S(N)(=O)=O)cc2)nc1. The molecule has 0 saturated heterocycles. The lowest BCUT2D eigenvalue weighted by molar-refractivity contribution is 0.597. The Morgan fingerprint density at radius 1 is 1.04 bits per heavy atom. The fourth-order valence-corrected chi connectivity index (χ4v) is 3.02. The molecule has 0 atom stereocenters. The lowest BCUT2D eigenvalue weighted by Gasteiger charge is -2.08. The van der Waals surface area contributed by atoms with Crippen LogP contribution in [0, 0.1) is 0 Å². The van der Waals surface area contributed by atoms with Crippen LogP contribution in [0.2, 0.25) is 0 Å². The van der Waals surface area contributed by atoms with E-state index in [0.717, 1.165) is 11.8 Å². The quantitative estimate of drug-likeness (QED) is 0.659. The second-order valence-corrected chi connectivity index (χ2v) is 8.48. The van der Waals surface area contributed by atoms with Crippen molar-refractivity contribution in [2.45, 2.75) is 11.3 Å². The molecule has 1 aromatic carbocycles. The van der Waals surface area contributed by atoms with E-state index in [2.05, 4.69) is 15.0 Å². The zero-order chi connectivity index (χ0) is 17.8. The van der Waals surface area contributed by atoms with Crippen LogP contribution in [0.1, 0.15) is 5.56 Å². The van der Waals surface area contributed by atoms with Gasteiger partial charge in [-0.05, 0) is 36.2 Å². The van der Waals surface area contributed by atoms with Gasteiger partial charge in [-0.2, -0.15) is 0 Å². The first kappa shape index (κ1) is 18.2. The first-order valence-corrected chi connectivity index (χ1v) is 10.4. The number of nitrogens with one attached hydrogen (secondary N) is 2. The van der Waals surface area contributed by atoms with Gasteiger partial charge < -0.3 is 5.32 Å². The highest BCUT2D eigenvalue weighted by Crippen LogP contribution is 2.12. The monoisotopic (exact) mass is 370 g/mol. The summed E-state index contributed by atoms with van der Waals surface area (Å²) in [6, 6.07) is 9.61. The Labute approximate surface area is 141 Å². The van der Waals surface area contributed by atoms with Gasteiger partial charge in [0.15, 0.2) is 0 Å². The summed E-state index contributed by atoms with van der Waals surface area (Å²) in [6.45, 7) is 0.584. The molecule has 130 valence electrons. The maximum Gasteiger partial charge on any atom is 0.238 e. The highest BCUT2D eigenvalue weighted by molar-refractivity contribution is 7.92. The van der Waals surface area contributed by atoms with Crippen molar-refractivity contribution in [3.05, 3.63) is 48.2 Å². The van der Waals surface area contributed by atoms with Crippen molar-refractivity contribution in [1.29, 1.82) is 0 Å². The molecule has 1 aromatic heterocycles. The second-order valence-electron chi connectivity index (χ2n) is 5.17. The van der Waals surface area contributed by atoms with E-state index in [1.807, 2.05) is 0 Å². The molecule has 0 saturated carbocycles.